The van der Waals surface area contributed by atoms with Crippen LogP contribution in [0.2, 0.25) is 0 Å². The minimum atomic E-state index is 0.122. The van der Waals surface area contributed by atoms with Crippen molar-refractivity contribution in [3.8, 4) is 0 Å². The van der Waals surface area contributed by atoms with Crippen LogP contribution in [0.1, 0.15) is 41.3 Å². The molecule has 1 fully saturated rings. The van der Waals surface area contributed by atoms with E-state index >= 15 is 0 Å². The largest absolute Gasteiger partial charge is 0.339 e. The van der Waals surface area contributed by atoms with Crippen LogP contribution in [0.4, 0.5) is 0 Å². The molecule has 3 rings (SSSR count). The van der Waals surface area contributed by atoms with E-state index in [9.17, 15) is 4.79 Å². The molecule has 1 aromatic carbocycles. The summed E-state index contributed by atoms with van der Waals surface area (Å²) in [5, 5.41) is 0. The van der Waals surface area contributed by atoms with Gasteiger partial charge in [0.15, 0.2) is 0 Å². The number of amides is 1. The van der Waals surface area contributed by atoms with Crippen LogP contribution in [0.25, 0.3) is 0 Å². The molecule has 1 aromatic heterocycles. The third kappa shape index (κ3) is 4.38. The second-order valence-electron chi connectivity index (χ2n) is 6.66. The molecule has 2 aromatic rings. The number of benzene rings is 1. The third-order valence-corrected chi connectivity index (χ3v) is 5.62. The Labute approximate surface area is 148 Å². The fourth-order valence-electron chi connectivity index (χ4n) is 2.88. The minimum Gasteiger partial charge on any atom is -0.339 e. The Bertz CT molecular complexity index is 691. The smallest absolute Gasteiger partial charge is 0.255 e. The number of pyridine rings is 1. The maximum absolute atomic E-state index is 12.6. The first kappa shape index (κ1) is 17.0. The highest BCUT2D eigenvalue weighted by Gasteiger charge is 2.21. The lowest BCUT2D eigenvalue weighted by Gasteiger charge is -2.30. The zero-order valence-electron chi connectivity index (χ0n) is 14.4. The summed E-state index contributed by atoms with van der Waals surface area (Å²) in [7, 11) is 0. The van der Waals surface area contributed by atoms with Crippen LogP contribution >= 0.6 is 11.8 Å². The molecule has 0 N–H and O–H groups in total. The number of aromatic nitrogens is 1. The number of thioether (sulfide) groups is 1. The maximum atomic E-state index is 12.6. The van der Waals surface area contributed by atoms with Crippen molar-refractivity contribution in [2.45, 2.75) is 37.3 Å². The van der Waals surface area contributed by atoms with E-state index in [1.807, 2.05) is 17.2 Å². The second-order valence-corrected chi connectivity index (χ2v) is 7.71. The van der Waals surface area contributed by atoms with Crippen molar-refractivity contribution in [2.24, 2.45) is 5.92 Å². The van der Waals surface area contributed by atoms with Crippen LogP contribution in [-0.4, -0.2) is 28.9 Å². The lowest BCUT2D eigenvalue weighted by Crippen LogP contribution is -2.37. The predicted octanol–water partition coefficient (Wildman–Crippen LogP) is 4.55. The highest BCUT2D eigenvalue weighted by atomic mass is 32.2. The van der Waals surface area contributed by atoms with Gasteiger partial charge in [-0.3, -0.25) is 9.78 Å². The molecular formula is C20H24N2OS. The van der Waals surface area contributed by atoms with Crippen molar-refractivity contribution in [3.05, 3.63) is 59.4 Å². The summed E-state index contributed by atoms with van der Waals surface area (Å²) in [6.07, 6.45) is 5.75. The van der Waals surface area contributed by atoms with E-state index < -0.39 is 0 Å². The van der Waals surface area contributed by atoms with Crippen molar-refractivity contribution < 1.29 is 4.79 Å². The zero-order chi connectivity index (χ0) is 16.9. The van der Waals surface area contributed by atoms with Gasteiger partial charge in [0.05, 0.1) is 5.56 Å². The Morgan fingerprint density at radius 3 is 2.62 bits per heavy atom. The summed E-state index contributed by atoms with van der Waals surface area (Å²) in [5.74, 6) is 1.68. The number of likely N-dealkylation sites (tertiary alicyclic amines) is 1. The number of hydrogen-bond donors (Lipinski definition) is 0. The molecule has 0 saturated carbocycles. The molecule has 1 amide bonds. The van der Waals surface area contributed by atoms with Gasteiger partial charge in [-0.25, -0.2) is 0 Å². The van der Waals surface area contributed by atoms with Gasteiger partial charge in [0.1, 0.15) is 0 Å². The number of carbonyl (C=O) groups excluding carboxylic acids is 1. The number of piperidine rings is 1. The number of rotatable bonds is 4. The first-order valence-corrected chi connectivity index (χ1v) is 9.53. The van der Waals surface area contributed by atoms with Gasteiger partial charge in [-0.2, -0.15) is 0 Å². The minimum absolute atomic E-state index is 0.122. The van der Waals surface area contributed by atoms with Crippen molar-refractivity contribution in [2.75, 3.05) is 13.1 Å². The third-order valence-electron chi connectivity index (χ3n) is 4.54. The van der Waals surface area contributed by atoms with Gasteiger partial charge in [-0.1, -0.05) is 24.6 Å². The maximum Gasteiger partial charge on any atom is 0.255 e. The standard InChI is InChI=1S/C20H24N2OS/c1-15-3-5-19(6-4-15)24-14-17-11-18(13-21-12-17)20(23)22-9-7-16(2)8-10-22/h3-6,11-13,16H,7-10,14H2,1-2H3. The topological polar surface area (TPSA) is 33.2 Å². The van der Waals surface area contributed by atoms with E-state index in [-0.39, 0.29) is 5.91 Å². The molecule has 0 atom stereocenters. The van der Waals surface area contributed by atoms with Gasteiger partial charge >= 0.3 is 0 Å². The van der Waals surface area contributed by atoms with E-state index in [1.54, 1.807) is 18.0 Å². The van der Waals surface area contributed by atoms with Crippen LogP contribution in [0.3, 0.4) is 0 Å². The molecule has 126 valence electrons. The van der Waals surface area contributed by atoms with Crippen molar-refractivity contribution in [3.63, 3.8) is 0 Å². The average molecular weight is 340 g/mol. The Morgan fingerprint density at radius 2 is 1.92 bits per heavy atom. The van der Waals surface area contributed by atoms with Crippen molar-refractivity contribution >= 4 is 17.7 Å². The molecule has 4 heteroatoms. The number of nitrogens with zero attached hydrogens (tertiary/aromatic N) is 2. The van der Waals surface area contributed by atoms with E-state index in [4.69, 9.17) is 0 Å². The molecular weight excluding hydrogens is 316 g/mol. The Kier molecular flexibility index (Phi) is 5.56. The Hall–Kier alpha value is -1.81. The molecule has 0 spiro atoms. The average Bonchev–Trinajstić information content (AvgIpc) is 2.61. The van der Waals surface area contributed by atoms with Crippen LogP contribution in [0.15, 0.2) is 47.6 Å². The molecule has 1 saturated heterocycles. The number of aryl methyl sites for hydroxylation is 1. The number of hydrogen-bond acceptors (Lipinski definition) is 3. The van der Waals surface area contributed by atoms with E-state index in [0.29, 0.717) is 5.56 Å². The van der Waals surface area contributed by atoms with Gasteiger partial charge < -0.3 is 4.90 Å². The summed E-state index contributed by atoms with van der Waals surface area (Å²) in [4.78, 5) is 20.1. The normalized spacial score (nSPS) is 15.5. The quantitative estimate of drug-likeness (QED) is 0.765. The summed E-state index contributed by atoms with van der Waals surface area (Å²) in [6, 6.07) is 10.5. The lowest BCUT2D eigenvalue weighted by atomic mass is 9.99. The van der Waals surface area contributed by atoms with Crippen LogP contribution in [-0.2, 0) is 5.75 Å². The molecule has 3 nitrogen and oxygen atoms in total. The fourth-order valence-corrected chi connectivity index (χ4v) is 3.70. The van der Waals surface area contributed by atoms with Crippen LogP contribution in [0.5, 0.6) is 0 Å². The SMILES string of the molecule is Cc1ccc(SCc2cncc(C(=O)N3CCC(C)CC3)c2)cc1. The van der Waals surface area contributed by atoms with E-state index in [0.717, 1.165) is 43.2 Å². The lowest BCUT2D eigenvalue weighted by molar-refractivity contribution is 0.0696. The summed E-state index contributed by atoms with van der Waals surface area (Å²) < 4.78 is 0. The van der Waals surface area contributed by atoms with Gasteiger partial charge in [-0.05, 0) is 49.4 Å². The molecule has 0 radical (unpaired) electrons. The van der Waals surface area contributed by atoms with E-state index in [1.165, 1.54) is 10.5 Å². The van der Waals surface area contributed by atoms with Gasteiger partial charge in [0.2, 0.25) is 0 Å². The van der Waals surface area contributed by atoms with Crippen LogP contribution in [0, 0.1) is 12.8 Å². The molecule has 0 bridgehead atoms. The molecule has 1 aliphatic heterocycles. The second kappa shape index (κ2) is 7.84. The van der Waals surface area contributed by atoms with Gasteiger partial charge in [-0.15, -0.1) is 11.8 Å². The summed E-state index contributed by atoms with van der Waals surface area (Å²) in [6.45, 7) is 6.08. The van der Waals surface area contributed by atoms with E-state index in [2.05, 4.69) is 43.1 Å². The fraction of sp³-hybridized carbons (Fsp3) is 0.400. The highest BCUT2D eigenvalue weighted by molar-refractivity contribution is 7.98. The zero-order valence-corrected chi connectivity index (χ0v) is 15.2. The molecule has 1 aliphatic rings. The first-order valence-electron chi connectivity index (χ1n) is 8.54. The summed E-state index contributed by atoms with van der Waals surface area (Å²) in [5.41, 5.74) is 3.08. The molecule has 0 aliphatic carbocycles. The molecule has 2 heterocycles. The predicted molar refractivity (Wildman–Crippen MR) is 99.3 cm³/mol. The van der Waals surface area contributed by atoms with Gasteiger partial charge in [0.25, 0.3) is 5.91 Å². The van der Waals surface area contributed by atoms with Gasteiger partial charge in [0, 0.05) is 36.1 Å². The first-order chi connectivity index (χ1) is 11.6. The Balaban J connectivity index is 1.63. The number of carbonyl (C=O) groups is 1. The Morgan fingerprint density at radius 1 is 1.21 bits per heavy atom. The molecule has 0 unspecified atom stereocenters. The highest BCUT2D eigenvalue weighted by Crippen LogP contribution is 2.24. The van der Waals surface area contributed by atoms with Crippen molar-refractivity contribution in [1.82, 2.24) is 9.88 Å². The monoisotopic (exact) mass is 340 g/mol. The molecule has 24 heavy (non-hydrogen) atoms. The summed E-state index contributed by atoms with van der Waals surface area (Å²) >= 11 is 1.77. The van der Waals surface area contributed by atoms with Crippen molar-refractivity contribution in [1.29, 1.82) is 0 Å². The van der Waals surface area contributed by atoms with Crippen LogP contribution < -0.4 is 0 Å².